The van der Waals surface area contributed by atoms with Crippen LogP contribution in [0.15, 0.2) is 28.7 Å². The lowest BCUT2D eigenvalue weighted by atomic mass is 9.88. The van der Waals surface area contributed by atoms with Crippen molar-refractivity contribution in [2.45, 2.75) is 39.7 Å². The fourth-order valence-electron chi connectivity index (χ4n) is 2.18. The normalized spacial score (nSPS) is 15.0. The fourth-order valence-corrected chi connectivity index (χ4v) is 2.18. The molecule has 0 spiro atoms. The van der Waals surface area contributed by atoms with E-state index >= 15 is 0 Å². The van der Waals surface area contributed by atoms with Gasteiger partial charge in [0.2, 0.25) is 11.8 Å². The van der Waals surface area contributed by atoms with Crippen LogP contribution in [0.25, 0.3) is 11.5 Å². The van der Waals surface area contributed by atoms with Crippen LogP contribution in [0.3, 0.4) is 0 Å². The molecule has 2 aromatic rings. The lowest BCUT2D eigenvalue weighted by Gasteiger charge is -2.29. The van der Waals surface area contributed by atoms with E-state index in [0.717, 1.165) is 6.42 Å². The van der Waals surface area contributed by atoms with Gasteiger partial charge in [-0.1, -0.05) is 26.3 Å². The molecule has 124 valence electrons. The fraction of sp³-hybridized carbons (Fsp3) is 0.471. The predicted molar refractivity (Wildman–Crippen MR) is 86.9 cm³/mol. The van der Waals surface area contributed by atoms with Gasteiger partial charge in [0.15, 0.2) is 0 Å². The monoisotopic (exact) mass is 317 g/mol. The third-order valence-electron chi connectivity index (χ3n) is 4.18. The Kier molecular flexibility index (Phi) is 5.15. The molecule has 6 nitrogen and oxygen atoms in total. The van der Waals surface area contributed by atoms with Gasteiger partial charge in [-0.15, -0.1) is 10.2 Å². The number of aromatic nitrogens is 2. The topological polar surface area (TPSA) is 88.2 Å². The Balaban J connectivity index is 2.08. The van der Waals surface area contributed by atoms with Gasteiger partial charge in [-0.05, 0) is 31.0 Å². The second-order valence-corrected chi connectivity index (χ2v) is 6.06. The summed E-state index contributed by atoms with van der Waals surface area (Å²) in [7, 11) is 0. The Morgan fingerprint density at radius 3 is 2.78 bits per heavy atom. The van der Waals surface area contributed by atoms with Crippen molar-refractivity contribution < 1.29 is 14.3 Å². The van der Waals surface area contributed by atoms with E-state index in [1.807, 2.05) is 13.8 Å². The van der Waals surface area contributed by atoms with Crippen LogP contribution in [0.5, 0.6) is 0 Å². The van der Waals surface area contributed by atoms with Crippen LogP contribution in [0.1, 0.15) is 43.4 Å². The zero-order valence-electron chi connectivity index (χ0n) is 14.0. The number of nitrogens with zero attached hydrogens (tertiary/aromatic N) is 2. The van der Waals surface area contributed by atoms with Gasteiger partial charge in [-0.2, -0.15) is 0 Å². The van der Waals surface area contributed by atoms with Crippen LogP contribution < -0.4 is 5.32 Å². The molecule has 0 saturated heterocycles. The van der Waals surface area contributed by atoms with Gasteiger partial charge in [-0.25, -0.2) is 0 Å². The van der Waals surface area contributed by atoms with Crippen LogP contribution in [0, 0.1) is 12.8 Å². The Hall–Kier alpha value is -2.21. The first kappa shape index (κ1) is 17.1. The largest absolute Gasteiger partial charge is 0.421 e. The zero-order chi connectivity index (χ0) is 17.0. The molecule has 2 N–H and O–H groups in total. The molecular formula is C17H23N3O3. The smallest absolute Gasteiger partial charge is 0.251 e. The summed E-state index contributed by atoms with van der Waals surface area (Å²) in [5, 5.41) is 20.9. The highest BCUT2D eigenvalue weighted by atomic mass is 16.4. The third-order valence-corrected chi connectivity index (χ3v) is 4.18. The summed E-state index contributed by atoms with van der Waals surface area (Å²) >= 11 is 0. The summed E-state index contributed by atoms with van der Waals surface area (Å²) in [6.45, 7) is 7.62. The number of hydrogen-bond donors (Lipinski definition) is 2. The van der Waals surface area contributed by atoms with Crippen molar-refractivity contribution in [1.29, 1.82) is 0 Å². The van der Waals surface area contributed by atoms with Gasteiger partial charge in [0.25, 0.3) is 5.91 Å². The third kappa shape index (κ3) is 4.16. The average Bonchev–Trinajstić information content (AvgIpc) is 2.98. The maximum atomic E-state index is 12.3. The zero-order valence-corrected chi connectivity index (χ0v) is 14.0. The molecular weight excluding hydrogens is 294 g/mol. The molecule has 0 bridgehead atoms. The number of amides is 1. The summed E-state index contributed by atoms with van der Waals surface area (Å²) in [4.78, 5) is 12.3. The van der Waals surface area contributed by atoms with E-state index in [0.29, 0.717) is 22.9 Å². The lowest BCUT2D eigenvalue weighted by molar-refractivity contribution is 0.00593. The average molecular weight is 317 g/mol. The number of hydrogen-bond acceptors (Lipinski definition) is 5. The number of aliphatic hydroxyl groups is 1. The highest BCUT2D eigenvalue weighted by Gasteiger charge is 2.27. The minimum atomic E-state index is -0.939. The minimum absolute atomic E-state index is 0.0931. The van der Waals surface area contributed by atoms with Crippen molar-refractivity contribution >= 4 is 5.91 Å². The number of carbonyl (C=O) groups excluding carboxylic acids is 1. The van der Waals surface area contributed by atoms with Crippen molar-refractivity contribution in [1.82, 2.24) is 15.5 Å². The molecule has 1 aromatic heterocycles. The van der Waals surface area contributed by atoms with E-state index in [1.165, 1.54) is 0 Å². The molecule has 23 heavy (non-hydrogen) atoms. The molecule has 0 aliphatic rings. The van der Waals surface area contributed by atoms with Crippen LogP contribution in [0.2, 0.25) is 0 Å². The molecule has 6 heteroatoms. The molecule has 0 saturated carbocycles. The van der Waals surface area contributed by atoms with Crippen LogP contribution in [-0.2, 0) is 0 Å². The summed E-state index contributed by atoms with van der Waals surface area (Å²) in [6, 6.07) is 6.97. The van der Waals surface area contributed by atoms with Crippen molar-refractivity contribution in [3.63, 3.8) is 0 Å². The van der Waals surface area contributed by atoms with Gasteiger partial charge in [-0.3, -0.25) is 4.79 Å². The molecule has 0 aliphatic carbocycles. The number of benzene rings is 1. The number of rotatable bonds is 6. The second kappa shape index (κ2) is 6.91. The van der Waals surface area contributed by atoms with Crippen LogP contribution >= 0.6 is 0 Å². The summed E-state index contributed by atoms with van der Waals surface area (Å²) in [5.74, 6) is 0.699. The number of carbonyl (C=O) groups is 1. The van der Waals surface area contributed by atoms with Crippen molar-refractivity contribution in [2.24, 2.45) is 5.92 Å². The van der Waals surface area contributed by atoms with Gasteiger partial charge in [0, 0.05) is 24.6 Å². The SMILES string of the molecule is CC[C@H](C)[C@@](C)(O)CNC(=O)c1cccc(-c2nnc(C)o2)c1. The summed E-state index contributed by atoms with van der Waals surface area (Å²) in [6.07, 6.45) is 0.842. The maximum absolute atomic E-state index is 12.3. The molecule has 0 radical (unpaired) electrons. The van der Waals surface area contributed by atoms with Crippen LogP contribution in [0.4, 0.5) is 0 Å². The van der Waals surface area contributed by atoms with Crippen molar-refractivity contribution in [2.75, 3.05) is 6.54 Å². The summed E-state index contributed by atoms with van der Waals surface area (Å²) in [5.41, 5.74) is 0.233. The Bertz CT molecular complexity index is 679. The molecule has 1 heterocycles. The first-order chi connectivity index (χ1) is 10.8. The highest BCUT2D eigenvalue weighted by Crippen LogP contribution is 2.20. The molecule has 1 amide bonds. The van der Waals surface area contributed by atoms with E-state index in [9.17, 15) is 9.90 Å². The first-order valence-corrected chi connectivity index (χ1v) is 7.74. The summed E-state index contributed by atoms with van der Waals surface area (Å²) < 4.78 is 5.37. The van der Waals surface area contributed by atoms with E-state index in [4.69, 9.17) is 4.42 Å². The number of nitrogens with one attached hydrogen (secondary N) is 1. The molecule has 0 unspecified atom stereocenters. The first-order valence-electron chi connectivity index (χ1n) is 7.74. The van der Waals surface area contributed by atoms with E-state index in [1.54, 1.807) is 38.1 Å². The molecule has 0 aliphatic heterocycles. The maximum Gasteiger partial charge on any atom is 0.251 e. The van der Waals surface area contributed by atoms with E-state index < -0.39 is 5.60 Å². The Morgan fingerprint density at radius 2 is 2.17 bits per heavy atom. The van der Waals surface area contributed by atoms with E-state index in [2.05, 4.69) is 15.5 Å². The highest BCUT2D eigenvalue weighted by molar-refractivity contribution is 5.95. The van der Waals surface area contributed by atoms with Gasteiger partial charge < -0.3 is 14.8 Å². The Morgan fingerprint density at radius 1 is 1.43 bits per heavy atom. The van der Waals surface area contributed by atoms with Gasteiger partial charge in [0.05, 0.1) is 5.60 Å². The van der Waals surface area contributed by atoms with Gasteiger partial charge in [0.1, 0.15) is 0 Å². The molecule has 1 aromatic carbocycles. The van der Waals surface area contributed by atoms with Crippen molar-refractivity contribution in [3.8, 4) is 11.5 Å². The van der Waals surface area contributed by atoms with E-state index in [-0.39, 0.29) is 18.4 Å². The Labute approximate surface area is 135 Å². The minimum Gasteiger partial charge on any atom is -0.421 e. The predicted octanol–water partition coefficient (Wildman–Crippen LogP) is 2.57. The number of aryl methyl sites for hydroxylation is 1. The molecule has 2 atom stereocenters. The van der Waals surface area contributed by atoms with Crippen molar-refractivity contribution in [3.05, 3.63) is 35.7 Å². The second-order valence-electron chi connectivity index (χ2n) is 6.06. The van der Waals surface area contributed by atoms with Gasteiger partial charge >= 0.3 is 0 Å². The molecule has 2 rings (SSSR count). The van der Waals surface area contributed by atoms with Crippen LogP contribution in [-0.4, -0.2) is 33.4 Å². The standard InChI is InChI=1S/C17H23N3O3/c1-5-11(2)17(4,22)10-18-15(21)13-7-6-8-14(9-13)16-20-19-12(3)23-16/h6-9,11,22H,5,10H2,1-4H3,(H,18,21)/t11-,17-/m0/s1. The lowest BCUT2D eigenvalue weighted by Crippen LogP contribution is -2.45. The quantitative estimate of drug-likeness (QED) is 0.855. The molecule has 0 fully saturated rings.